The third kappa shape index (κ3) is 4.21. The van der Waals surface area contributed by atoms with Gasteiger partial charge in [0.05, 0.1) is 5.76 Å². The van der Waals surface area contributed by atoms with Gasteiger partial charge in [-0.25, -0.2) is 0 Å². The molecule has 0 aliphatic heterocycles. The molecule has 3 aromatic carbocycles. The van der Waals surface area contributed by atoms with Crippen LogP contribution in [0.3, 0.4) is 0 Å². The largest absolute Gasteiger partial charge is 0.512 e. The number of benzene rings is 3. The van der Waals surface area contributed by atoms with Crippen LogP contribution in [0.25, 0.3) is 49.9 Å². The van der Waals surface area contributed by atoms with Crippen LogP contribution < -0.4 is 0 Å². The van der Waals surface area contributed by atoms with E-state index in [1.54, 1.807) is 0 Å². The zero-order chi connectivity index (χ0) is 30.7. The smallest absolute Gasteiger partial charge is 0.155 e. The van der Waals surface area contributed by atoms with Crippen molar-refractivity contribution in [3.63, 3.8) is 0 Å². The van der Waals surface area contributed by atoms with Crippen LogP contribution in [0, 0.1) is 6.07 Å². The van der Waals surface area contributed by atoms with E-state index in [1.165, 1.54) is 53.3 Å². The number of hydrogen-bond donors (Lipinski definition) is 1. The number of ketones is 1. The third-order valence-corrected chi connectivity index (χ3v) is 8.77. The second-order valence-corrected chi connectivity index (χ2v) is 11.4. The van der Waals surface area contributed by atoms with Gasteiger partial charge >= 0.3 is 0 Å². The van der Waals surface area contributed by atoms with E-state index in [2.05, 4.69) is 106 Å². The van der Waals surface area contributed by atoms with E-state index in [4.69, 9.17) is 10.1 Å². The molecule has 4 aromatic heterocycles. The number of fused-ring (bicyclic) bond motifs is 13. The Morgan fingerprint density at radius 1 is 0.783 bits per heavy atom. The van der Waals surface area contributed by atoms with Gasteiger partial charge in [-0.05, 0) is 65.7 Å². The minimum Gasteiger partial charge on any atom is -0.512 e. The van der Waals surface area contributed by atoms with Gasteiger partial charge in [-0.3, -0.25) is 14.8 Å². The number of aliphatic hydroxyl groups is 1. The van der Waals surface area contributed by atoms with Crippen molar-refractivity contribution in [2.75, 3.05) is 0 Å². The third-order valence-electron chi connectivity index (χ3n) is 8.77. The molecule has 0 saturated carbocycles. The van der Waals surface area contributed by atoms with Gasteiger partial charge < -0.3 is 14.7 Å². The molecule has 6 nitrogen and oxygen atoms in total. The summed E-state index contributed by atoms with van der Waals surface area (Å²) < 4.78 is 2.31. The van der Waals surface area contributed by atoms with Crippen LogP contribution in [0.5, 0.6) is 0 Å². The molecule has 2 aliphatic carbocycles. The van der Waals surface area contributed by atoms with Gasteiger partial charge in [0.1, 0.15) is 0 Å². The van der Waals surface area contributed by atoms with Crippen molar-refractivity contribution in [1.82, 2.24) is 19.5 Å². The van der Waals surface area contributed by atoms with Gasteiger partial charge in [0.15, 0.2) is 5.78 Å². The number of rotatable bonds is 2. The summed E-state index contributed by atoms with van der Waals surface area (Å²) >= 11 is 0. The van der Waals surface area contributed by atoms with Crippen molar-refractivity contribution in [2.45, 2.75) is 19.3 Å². The average molecular weight is 779 g/mol. The molecule has 0 unspecified atom stereocenters. The van der Waals surface area contributed by atoms with Crippen molar-refractivity contribution in [3.8, 4) is 28.1 Å². The maximum absolute atomic E-state index is 10.0. The number of carbonyl (C=O) groups is 1. The van der Waals surface area contributed by atoms with Crippen LogP contribution >= 0.6 is 0 Å². The van der Waals surface area contributed by atoms with Crippen molar-refractivity contribution < 1.29 is 31.0 Å². The molecule has 1 spiro atoms. The first-order valence-electron chi connectivity index (χ1n) is 14.8. The Morgan fingerprint density at radius 3 is 1.93 bits per heavy atom. The Kier molecular flexibility index (Phi) is 7.26. The maximum atomic E-state index is 10.0. The molecule has 0 saturated heterocycles. The summed E-state index contributed by atoms with van der Waals surface area (Å²) in [6.45, 7) is 2.85. The minimum absolute atomic E-state index is 0. The standard InChI is InChI=1S/C34H19N4.C5H8O2.Pt/c1-3-8-27-22(6-1)23-7-2-4-9-28(23)34(27)29-10-5-15-37-33(29)24-12-11-21(18-30(24)34)38-31-13-16-35-19-25(31)26-20-36-17-14-32(26)38;1-4(6)3-5(2)7;/h1-11,13-20H;3,6H,1-2H3;/q-1;;/b;4-3-;. The first kappa shape index (κ1) is 29.5. The van der Waals surface area contributed by atoms with E-state index in [0.29, 0.717) is 0 Å². The quantitative estimate of drug-likeness (QED) is 0.109. The zero-order valence-corrected chi connectivity index (χ0v) is 27.3. The fourth-order valence-corrected chi connectivity index (χ4v) is 7.26. The van der Waals surface area contributed by atoms with Gasteiger partial charge in [-0.2, -0.15) is 0 Å². The van der Waals surface area contributed by atoms with Crippen LogP contribution in [0.15, 0.2) is 128 Å². The van der Waals surface area contributed by atoms with E-state index >= 15 is 0 Å². The molecule has 0 amide bonds. The van der Waals surface area contributed by atoms with E-state index in [-0.39, 0.29) is 32.6 Å². The second-order valence-electron chi connectivity index (χ2n) is 11.4. The Hall–Kier alpha value is -5.19. The molecule has 4 heterocycles. The molecule has 226 valence electrons. The summed E-state index contributed by atoms with van der Waals surface area (Å²) in [7, 11) is 0. The topological polar surface area (TPSA) is 80.9 Å². The number of hydrogen-bond acceptors (Lipinski definition) is 5. The molecule has 7 aromatic rings. The van der Waals surface area contributed by atoms with E-state index in [0.717, 1.165) is 38.8 Å². The molecule has 1 N–H and O–H groups in total. The SMILES string of the molecule is CC(=O)/C=C(/C)O.[Pt].[c-]1cc(-n2c3ccncc3c3cnccc32)cc2c1-c1ncccc1C21c2ccccc2-c2ccccc21. The Bertz CT molecular complexity index is 2240. The average Bonchev–Trinajstić information content (AvgIpc) is 3.66. The van der Waals surface area contributed by atoms with Crippen LogP contribution in [0.1, 0.15) is 36.1 Å². The molecule has 0 atom stereocenters. The minimum atomic E-state index is -0.444. The molecular weight excluding hydrogens is 752 g/mol. The normalized spacial score (nSPS) is 13.3. The van der Waals surface area contributed by atoms with Crippen LogP contribution in [0.2, 0.25) is 0 Å². The maximum Gasteiger partial charge on any atom is 0.155 e. The Balaban J connectivity index is 0.000000384. The van der Waals surface area contributed by atoms with Gasteiger partial charge in [-0.15, -0.1) is 29.3 Å². The number of pyridine rings is 3. The van der Waals surface area contributed by atoms with E-state index in [1.807, 2.05) is 31.0 Å². The number of aliphatic hydroxyl groups excluding tert-OH is 1. The number of carbonyl (C=O) groups excluding carboxylic acids is 1. The van der Waals surface area contributed by atoms with Crippen molar-refractivity contribution >= 4 is 27.6 Å². The van der Waals surface area contributed by atoms with Gasteiger partial charge in [0.2, 0.25) is 0 Å². The van der Waals surface area contributed by atoms with Crippen LogP contribution in [-0.4, -0.2) is 30.4 Å². The van der Waals surface area contributed by atoms with Gasteiger partial charge in [-0.1, -0.05) is 60.2 Å². The first-order valence-corrected chi connectivity index (χ1v) is 14.8. The number of nitrogens with zero attached hydrogens (tertiary/aromatic N) is 4. The van der Waals surface area contributed by atoms with Crippen LogP contribution in [-0.2, 0) is 31.3 Å². The van der Waals surface area contributed by atoms with Crippen LogP contribution in [0.4, 0.5) is 0 Å². The molecule has 0 fully saturated rings. The first-order chi connectivity index (χ1) is 22.0. The Labute approximate surface area is 280 Å². The summed E-state index contributed by atoms with van der Waals surface area (Å²) in [5, 5.41) is 10.5. The molecule has 46 heavy (non-hydrogen) atoms. The number of allylic oxidation sites excluding steroid dienone is 2. The fraction of sp³-hybridized carbons (Fsp3) is 0.0769. The second kappa shape index (κ2) is 11.3. The van der Waals surface area contributed by atoms with Gasteiger partial charge in [0.25, 0.3) is 0 Å². The molecule has 7 heteroatoms. The summed E-state index contributed by atoms with van der Waals surface area (Å²) in [4.78, 5) is 23.7. The fourth-order valence-electron chi connectivity index (χ4n) is 7.26. The molecule has 9 rings (SSSR count). The zero-order valence-electron chi connectivity index (χ0n) is 25.0. The molecule has 0 radical (unpaired) electrons. The van der Waals surface area contributed by atoms with Crippen molar-refractivity contribution in [2.24, 2.45) is 0 Å². The summed E-state index contributed by atoms with van der Waals surface area (Å²) in [6.07, 6.45) is 10.6. The molecule has 2 aliphatic rings. The van der Waals surface area contributed by atoms with Crippen molar-refractivity contribution in [3.05, 3.63) is 156 Å². The molecule has 0 bridgehead atoms. The number of aromatic nitrogens is 4. The predicted octanol–water partition coefficient (Wildman–Crippen LogP) is 8.15. The van der Waals surface area contributed by atoms with Crippen molar-refractivity contribution in [1.29, 1.82) is 0 Å². The van der Waals surface area contributed by atoms with E-state index in [9.17, 15) is 4.79 Å². The Morgan fingerprint density at radius 2 is 1.37 bits per heavy atom. The molecular formula is C39H27N4O2Pt-. The predicted molar refractivity (Wildman–Crippen MR) is 176 cm³/mol. The van der Waals surface area contributed by atoms with Gasteiger partial charge in [0, 0.05) is 85.3 Å². The summed E-state index contributed by atoms with van der Waals surface area (Å²) in [5.74, 6) is -0.0625. The van der Waals surface area contributed by atoms with E-state index < -0.39 is 5.41 Å². The summed E-state index contributed by atoms with van der Waals surface area (Å²) in [6, 6.07) is 34.2. The monoisotopic (exact) mass is 778 g/mol. The summed E-state index contributed by atoms with van der Waals surface area (Å²) in [5.41, 5.74) is 12.5.